The lowest BCUT2D eigenvalue weighted by molar-refractivity contribution is -0.133. The molecule has 0 spiro atoms. The van der Waals surface area contributed by atoms with Crippen molar-refractivity contribution in [2.75, 3.05) is 13.2 Å². The minimum absolute atomic E-state index is 0.336. The molecule has 6 heteroatoms. The Morgan fingerprint density at radius 2 is 1.93 bits per heavy atom. The van der Waals surface area contributed by atoms with E-state index in [1.165, 1.54) is 6.92 Å². The van der Waals surface area contributed by atoms with Crippen LogP contribution >= 0.6 is 0 Å². The van der Waals surface area contributed by atoms with Crippen LogP contribution in [-0.4, -0.2) is 36.6 Å². The van der Waals surface area contributed by atoms with E-state index in [1.807, 2.05) is 0 Å². The van der Waals surface area contributed by atoms with E-state index >= 15 is 0 Å². The van der Waals surface area contributed by atoms with Crippen LogP contribution in [0.25, 0.3) is 0 Å². The van der Waals surface area contributed by atoms with Gasteiger partial charge in [0.05, 0.1) is 5.54 Å². The summed E-state index contributed by atoms with van der Waals surface area (Å²) < 4.78 is 5.12. The highest BCUT2D eigenvalue weighted by Crippen LogP contribution is 2.17. The second-order valence-electron chi connectivity index (χ2n) is 3.87. The van der Waals surface area contributed by atoms with Crippen molar-refractivity contribution in [3.63, 3.8) is 0 Å². The van der Waals surface area contributed by atoms with E-state index in [1.54, 1.807) is 0 Å². The summed E-state index contributed by atoms with van der Waals surface area (Å²) in [5.74, 6) is -0.906. The van der Waals surface area contributed by atoms with E-state index in [2.05, 4.69) is 5.32 Å². The van der Waals surface area contributed by atoms with Crippen LogP contribution in [0.15, 0.2) is 0 Å². The summed E-state index contributed by atoms with van der Waals surface area (Å²) in [4.78, 5) is 22.5. The largest absolute Gasteiger partial charge is 0.381 e. The monoisotopic (exact) mass is 215 g/mol. The van der Waals surface area contributed by atoms with E-state index in [4.69, 9.17) is 16.2 Å². The van der Waals surface area contributed by atoms with Gasteiger partial charge in [0.25, 0.3) is 0 Å². The summed E-state index contributed by atoms with van der Waals surface area (Å²) in [5.41, 5.74) is 10.0. The minimum Gasteiger partial charge on any atom is -0.381 e. The number of nitrogens with one attached hydrogen (secondary N) is 1. The third-order valence-electron chi connectivity index (χ3n) is 2.61. The molecule has 1 aliphatic heterocycles. The topological polar surface area (TPSA) is 107 Å². The van der Waals surface area contributed by atoms with Gasteiger partial charge in [-0.05, 0) is 19.8 Å². The van der Waals surface area contributed by atoms with E-state index in [9.17, 15) is 9.59 Å². The van der Waals surface area contributed by atoms with Gasteiger partial charge >= 0.3 is 0 Å². The van der Waals surface area contributed by atoms with Gasteiger partial charge in [-0.2, -0.15) is 0 Å². The Hall–Kier alpha value is -1.14. The molecule has 6 nitrogen and oxygen atoms in total. The summed E-state index contributed by atoms with van der Waals surface area (Å²) in [6.07, 6.45) is 0.925. The van der Waals surface area contributed by atoms with Gasteiger partial charge in [-0.15, -0.1) is 0 Å². The molecule has 1 heterocycles. The van der Waals surface area contributed by atoms with Crippen molar-refractivity contribution in [2.45, 2.75) is 31.3 Å². The number of carbonyl (C=O) groups excluding carboxylic acids is 2. The molecule has 5 N–H and O–H groups in total. The van der Waals surface area contributed by atoms with E-state index in [0.29, 0.717) is 26.1 Å². The van der Waals surface area contributed by atoms with E-state index < -0.39 is 17.5 Å². The highest BCUT2D eigenvalue weighted by molar-refractivity contribution is 5.91. The van der Waals surface area contributed by atoms with Gasteiger partial charge < -0.3 is 21.5 Å². The predicted molar refractivity (Wildman–Crippen MR) is 53.8 cm³/mol. The first-order valence-electron chi connectivity index (χ1n) is 4.92. The fourth-order valence-corrected chi connectivity index (χ4v) is 1.37. The smallest absolute Gasteiger partial charge is 0.240 e. The highest BCUT2D eigenvalue weighted by Gasteiger charge is 2.36. The lowest BCUT2D eigenvalue weighted by Crippen LogP contribution is -2.59. The standard InChI is InChI=1S/C9H17N3O3/c1-6(7(10)13)12-8(14)9(11)2-4-15-5-3-9/h6H,2-5,11H2,1H3,(H2,10,13)(H,12,14). The van der Waals surface area contributed by atoms with E-state index in [-0.39, 0.29) is 5.91 Å². The summed E-state index contributed by atoms with van der Waals surface area (Å²) in [7, 11) is 0. The Balaban J connectivity index is 2.55. The van der Waals surface area contributed by atoms with Crippen LogP contribution in [0.5, 0.6) is 0 Å². The average Bonchev–Trinajstić information content (AvgIpc) is 2.18. The van der Waals surface area contributed by atoms with Crippen LogP contribution in [0, 0.1) is 0 Å². The van der Waals surface area contributed by atoms with Crippen molar-refractivity contribution in [3.8, 4) is 0 Å². The summed E-state index contributed by atoms with van der Waals surface area (Å²) in [6, 6.07) is -0.694. The van der Waals surface area contributed by atoms with Crippen molar-refractivity contribution in [3.05, 3.63) is 0 Å². The maximum Gasteiger partial charge on any atom is 0.240 e. The Morgan fingerprint density at radius 3 is 2.40 bits per heavy atom. The molecule has 0 aromatic carbocycles. The number of hydrogen-bond acceptors (Lipinski definition) is 4. The summed E-state index contributed by atoms with van der Waals surface area (Å²) in [5, 5.41) is 2.50. The lowest BCUT2D eigenvalue weighted by atomic mass is 9.90. The normalized spacial score (nSPS) is 21.7. The average molecular weight is 215 g/mol. The van der Waals surface area contributed by atoms with Gasteiger partial charge in [0, 0.05) is 13.2 Å². The van der Waals surface area contributed by atoms with Gasteiger partial charge in [-0.1, -0.05) is 0 Å². The molecular weight excluding hydrogens is 198 g/mol. The zero-order valence-electron chi connectivity index (χ0n) is 8.79. The van der Waals surface area contributed by atoms with E-state index in [0.717, 1.165) is 0 Å². The molecule has 0 aromatic heterocycles. The van der Waals surface area contributed by atoms with Crippen LogP contribution < -0.4 is 16.8 Å². The molecule has 15 heavy (non-hydrogen) atoms. The molecule has 0 aliphatic carbocycles. The van der Waals surface area contributed by atoms with Gasteiger partial charge in [-0.25, -0.2) is 0 Å². The maximum absolute atomic E-state index is 11.7. The molecule has 86 valence electrons. The number of ether oxygens (including phenoxy) is 1. The van der Waals surface area contributed by atoms with Crippen molar-refractivity contribution in [1.82, 2.24) is 5.32 Å². The molecule has 1 atom stereocenters. The number of hydrogen-bond donors (Lipinski definition) is 3. The number of rotatable bonds is 3. The van der Waals surface area contributed by atoms with Crippen LogP contribution in [0.1, 0.15) is 19.8 Å². The first-order chi connectivity index (χ1) is 6.96. The molecule has 1 unspecified atom stereocenters. The molecule has 1 fully saturated rings. The van der Waals surface area contributed by atoms with Crippen LogP contribution in [0.3, 0.4) is 0 Å². The lowest BCUT2D eigenvalue weighted by Gasteiger charge is -2.32. The number of primary amides is 1. The highest BCUT2D eigenvalue weighted by atomic mass is 16.5. The Labute approximate surface area is 88.3 Å². The molecule has 2 amide bonds. The number of carbonyl (C=O) groups is 2. The second-order valence-corrected chi connectivity index (χ2v) is 3.87. The molecule has 1 rings (SSSR count). The maximum atomic E-state index is 11.7. The van der Waals surface area contributed by atoms with Gasteiger partial charge in [0.15, 0.2) is 0 Å². The fraction of sp³-hybridized carbons (Fsp3) is 0.778. The Bertz CT molecular complexity index is 261. The predicted octanol–water partition coefficient (Wildman–Crippen LogP) is -1.52. The molecule has 0 radical (unpaired) electrons. The Kier molecular flexibility index (Phi) is 3.65. The zero-order chi connectivity index (χ0) is 11.5. The first-order valence-corrected chi connectivity index (χ1v) is 4.92. The van der Waals surface area contributed by atoms with Crippen LogP contribution in [0.2, 0.25) is 0 Å². The minimum atomic E-state index is -0.929. The fourth-order valence-electron chi connectivity index (χ4n) is 1.37. The van der Waals surface area contributed by atoms with Gasteiger partial charge in [0.2, 0.25) is 11.8 Å². The van der Waals surface area contributed by atoms with Crippen molar-refractivity contribution in [2.24, 2.45) is 11.5 Å². The SMILES string of the molecule is CC(NC(=O)C1(N)CCOCC1)C(N)=O. The third kappa shape index (κ3) is 2.90. The zero-order valence-corrected chi connectivity index (χ0v) is 8.79. The Morgan fingerprint density at radius 1 is 1.40 bits per heavy atom. The first kappa shape index (κ1) is 11.9. The van der Waals surface area contributed by atoms with Crippen LogP contribution in [0.4, 0.5) is 0 Å². The third-order valence-corrected chi connectivity index (χ3v) is 2.61. The summed E-state index contributed by atoms with van der Waals surface area (Å²) in [6.45, 7) is 2.46. The molecule has 0 aromatic rings. The van der Waals surface area contributed by atoms with Crippen molar-refractivity contribution in [1.29, 1.82) is 0 Å². The molecular formula is C9H17N3O3. The molecule has 0 bridgehead atoms. The molecule has 1 saturated heterocycles. The number of amides is 2. The van der Waals surface area contributed by atoms with Crippen molar-refractivity contribution < 1.29 is 14.3 Å². The van der Waals surface area contributed by atoms with Gasteiger partial charge in [0.1, 0.15) is 6.04 Å². The van der Waals surface area contributed by atoms with Crippen LogP contribution in [-0.2, 0) is 14.3 Å². The molecule has 0 saturated carbocycles. The van der Waals surface area contributed by atoms with Crippen molar-refractivity contribution >= 4 is 11.8 Å². The summed E-state index contributed by atoms with van der Waals surface area (Å²) >= 11 is 0. The molecule has 1 aliphatic rings. The van der Waals surface area contributed by atoms with Gasteiger partial charge in [-0.3, -0.25) is 9.59 Å². The number of nitrogens with two attached hydrogens (primary N) is 2. The quantitative estimate of drug-likeness (QED) is 0.531. The second kappa shape index (κ2) is 4.59.